The van der Waals surface area contributed by atoms with E-state index in [4.69, 9.17) is 0 Å². The van der Waals surface area contributed by atoms with E-state index in [9.17, 15) is 4.79 Å². The highest BCUT2D eigenvalue weighted by atomic mass is 32.2. The molecule has 6 heteroatoms. The van der Waals surface area contributed by atoms with E-state index in [0.29, 0.717) is 11.8 Å². The van der Waals surface area contributed by atoms with Gasteiger partial charge in [0.25, 0.3) is 0 Å². The first-order valence-corrected chi connectivity index (χ1v) is 9.15. The topological polar surface area (TPSA) is 45.2 Å². The van der Waals surface area contributed by atoms with Crippen LogP contribution in [0.3, 0.4) is 0 Å². The summed E-state index contributed by atoms with van der Waals surface area (Å²) in [4.78, 5) is 18.9. The van der Waals surface area contributed by atoms with Crippen molar-refractivity contribution in [3.63, 3.8) is 0 Å². The molecule has 1 aliphatic heterocycles. The normalized spacial score (nSPS) is 21.1. The Morgan fingerprint density at radius 2 is 2.20 bits per heavy atom. The van der Waals surface area contributed by atoms with Crippen LogP contribution in [0.1, 0.15) is 31.4 Å². The van der Waals surface area contributed by atoms with E-state index in [1.54, 1.807) is 11.3 Å². The van der Waals surface area contributed by atoms with Gasteiger partial charge in [0.2, 0.25) is 5.91 Å². The highest BCUT2D eigenvalue weighted by molar-refractivity contribution is 8.01. The fourth-order valence-corrected chi connectivity index (χ4v) is 4.30. The van der Waals surface area contributed by atoms with Crippen molar-refractivity contribution in [1.29, 1.82) is 0 Å². The van der Waals surface area contributed by atoms with Crippen LogP contribution in [0.4, 0.5) is 0 Å². The molecule has 0 spiro atoms. The van der Waals surface area contributed by atoms with Crippen molar-refractivity contribution in [3.05, 3.63) is 11.1 Å². The molecule has 0 unspecified atom stereocenters. The minimum Gasteiger partial charge on any atom is -0.353 e. The third-order valence-electron chi connectivity index (χ3n) is 3.88. The molecule has 0 bridgehead atoms. The van der Waals surface area contributed by atoms with Crippen molar-refractivity contribution < 1.29 is 4.79 Å². The van der Waals surface area contributed by atoms with Gasteiger partial charge in [0.1, 0.15) is 0 Å². The quantitative estimate of drug-likeness (QED) is 0.848. The predicted molar refractivity (Wildman–Crippen MR) is 83.3 cm³/mol. The highest BCUT2D eigenvalue weighted by Gasteiger charge is 2.32. The number of aromatic nitrogens is 1. The summed E-state index contributed by atoms with van der Waals surface area (Å²) in [5.41, 5.74) is 1.03. The van der Waals surface area contributed by atoms with Gasteiger partial charge in [-0.05, 0) is 32.6 Å². The molecular weight excluding hydrogens is 290 g/mol. The van der Waals surface area contributed by atoms with Crippen molar-refractivity contribution in [1.82, 2.24) is 15.2 Å². The summed E-state index contributed by atoms with van der Waals surface area (Å²) < 4.78 is 0.987. The maximum absolute atomic E-state index is 12.0. The van der Waals surface area contributed by atoms with Gasteiger partial charge in [-0.1, -0.05) is 11.8 Å². The Morgan fingerprint density at radius 3 is 2.80 bits per heavy atom. The molecule has 3 rings (SSSR count). The molecule has 0 aromatic carbocycles. The molecule has 0 atom stereocenters. The standard InChI is InChI=1S/C14H21N3OS2/c1-10-8-19-14(15-10)20-9-13(18)16-11-4-6-17(7-5-11)12-2-3-12/h8,11-12H,2-7,9H2,1H3,(H,16,18). The number of nitrogens with zero attached hydrogens (tertiary/aromatic N) is 2. The number of likely N-dealkylation sites (tertiary alicyclic amines) is 1. The van der Waals surface area contributed by atoms with Crippen LogP contribution in [0.2, 0.25) is 0 Å². The first kappa shape index (κ1) is 14.4. The molecule has 2 aliphatic rings. The first-order chi connectivity index (χ1) is 9.70. The molecule has 4 nitrogen and oxygen atoms in total. The second-order valence-electron chi connectivity index (χ2n) is 5.65. The molecule has 1 N–H and O–H groups in total. The summed E-state index contributed by atoms with van der Waals surface area (Å²) in [7, 11) is 0. The summed E-state index contributed by atoms with van der Waals surface area (Å²) in [5.74, 6) is 0.628. The third kappa shape index (κ3) is 3.96. The largest absolute Gasteiger partial charge is 0.353 e. The lowest BCUT2D eigenvalue weighted by molar-refractivity contribution is -0.119. The fraction of sp³-hybridized carbons (Fsp3) is 0.714. The maximum Gasteiger partial charge on any atom is 0.230 e. The fourth-order valence-electron chi connectivity index (χ4n) is 2.64. The Labute approximate surface area is 128 Å². The zero-order chi connectivity index (χ0) is 13.9. The second-order valence-corrected chi connectivity index (χ2v) is 7.73. The van der Waals surface area contributed by atoms with Crippen LogP contribution in [0.5, 0.6) is 0 Å². The van der Waals surface area contributed by atoms with Crippen molar-refractivity contribution in [3.8, 4) is 0 Å². The molecule has 1 saturated carbocycles. The van der Waals surface area contributed by atoms with Gasteiger partial charge in [-0.3, -0.25) is 4.79 Å². The van der Waals surface area contributed by atoms with Gasteiger partial charge in [0.15, 0.2) is 4.34 Å². The minimum atomic E-state index is 0.146. The van der Waals surface area contributed by atoms with Gasteiger partial charge < -0.3 is 10.2 Å². The van der Waals surface area contributed by atoms with Gasteiger partial charge >= 0.3 is 0 Å². The summed E-state index contributed by atoms with van der Waals surface area (Å²) in [6.45, 7) is 4.27. The van der Waals surface area contributed by atoms with E-state index in [1.165, 1.54) is 24.6 Å². The summed E-state index contributed by atoms with van der Waals surface area (Å²) in [6, 6.07) is 1.23. The van der Waals surface area contributed by atoms with E-state index < -0.39 is 0 Å². The maximum atomic E-state index is 12.0. The number of hydrogen-bond acceptors (Lipinski definition) is 5. The number of hydrogen-bond donors (Lipinski definition) is 1. The molecule has 1 amide bonds. The summed E-state index contributed by atoms with van der Waals surface area (Å²) >= 11 is 3.15. The van der Waals surface area contributed by atoms with Crippen LogP contribution in [0.15, 0.2) is 9.72 Å². The monoisotopic (exact) mass is 311 g/mol. The van der Waals surface area contributed by atoms with Crippen LogP contribution >= 0.6 is 23.1 Å². The predicted octanol–water partition coefficient (Wildman–Crippen LogP) is 2.29. The lowest BCUT2D eigenvalue weighted by Gasteiger charge is -2.32. The second kappa shape index (κ2) is 6.45. The lowest BCUT2D eigenvalue weighted by Crippen LogP contribution is -2.45. The zero-order valence-electron chi connectivity index (χ0n) is 11.8. The lowest BCUT2D eigenvalue weighted by atomic mass is 10.1. The Bertz CT molecular complexity index is 465. The number of carbonyl (C=O) groups is 1. The van der Waals surface area contributed by atoms with E-state index in [-0.39, 0.29) is 5.91 Å². The molecule has 1 aliphatic carbocycles. The van der Waals surface area contributed by atoms with Gasteiger partial charge in [0.05, 0.1) is 5.75 Å². The number of rotatable bonds is 5. The van der Waals surface area contributed by atoms with Gasteiger partial charge in [0, 0.05) is 36.2 Å². The molecule has 110 valence electrons. The first-order valence-electron chi connectivity index (χ1n) is 7.29. The van der Waals surface area contributed by atoms with Gasteiger partial charge in [-0.25, -0.2) is 4.98 Å². The number of thioether (sulfide) groups is 1. The van der Waals surface area contributed by atoms with Gasteiger partial charge in [-0.2, -0.15) is 0 Å². The van der Waals surface area contributed by atoms with Crippen LogP contribution in [-0.4, -0.2) is 46.7 Å². The average Bonchev–Trinajstić information content (AvgIpc) is 3.20. The number of aryl methyl sites for hydroxylation is 1. The summed E-state index contributed by atoms with van der Waals surface area (Å²) in [5, 5.41) is 5.19. The van der Waals surface area contributed by atoms with Crippen molar-refractivity contribution in [2.45, 2.75) is 49.0 Å². The van der Waals surface area contributed by atoms with Crippen LogP contribution in [0, 0.1) is 6.92 Å². The molecule has 1 aromatic heterocycles. The molecule has 1 aromatic rings. The van der Waals surface area contributed by atoms with Crippen molar-refractivity contribution in [2.75, 3.05) is 18.8 Å². The molecule has 2 heterocycles. The average molecular weight is 311 g/mol. The third-order valence-corrected chi connectivity index (χ3v) is 6.02. The van der Waals surface area contributed by atoms with E-state index in [0.717, 1.165) is 42.0 Å². The molecule has 20 heavy (non-hydrogen) atoms. The Hall–Kier alpha value is -0.590. The number of amides is 1. The molecule has 0 radical (unpaired) electrons. The smallest absolute Gasteiger partial charge is 0.230 e. The van der Waals surface area contributed by atoms with Crippen LogP contribution in [-0.2, 0) is 4.79 Å². The number of nitrogens with one attached hydrogen (secondary N) is 1. The Morgan fingerprint density at radius 1 is 1.45 bits per heavy atom. The number of thiazole rings is 1. The minimum absolute atomic E-state index is 0.146. The highest BCUT2D eigenvalue weighted by Crippen LogP contribution is 2.29. The van der Waals surface area contributed by atoms with Crippen molar-refractivity contribution in [2.24, 2.45) is 0 Å². The van der Waals surface area contributed by atoms with Crippen molar-refractivity contribution >= 4 is 29.0 Å². The molecule has 1 saturated heterocycles. The molecular formula is C14H21N3OS2. The van der Waals surface area contributed by atoms with Crippen LogP contribution < -0.4 is 5.32 Å². The van der Waals surface area contributed by atoms with E-state index >= 15 is 0 Å². The molecule has 2 fully saturated rings. The summed E-state index contributed by atoms with van der Waals surface area (Å²) in [6.07, 6.45) is 4.95. The zero-order valence-corrected chi connectivity index (χ0v) is 13.4. The number of carbonyl (C=O) groups excluding carboxylic acids is 1. The Kier molecular flexibility index (Phi) is 4.63. The number of piperidine rings is 1. The van der Waals surface area contributed by atoms with Gasteiger partial charge in [-0.15, -0.1) is 11.3 Å². The SMILES string of the molecule is Cc1csc(SCC(=O)NC2CCN(C3CC3)CC2)n1. The van der Waals surface area contributed by atoms with Crippen LogP contribution in [0.25, 0.3) is 0 Å². The Balaban J connectivity index is 1.36. The van der Waals surface area contributed by atoms with E-state index in [1.807, 2.05) is 12.3 Å². The van der Waals surface area contributed by atoms with E-state index in [2.05, 4.69) is 15.2 Å².